The van der Waals surface area contributed by atoms with Gasteiger partial charge in [0.25, 0.3) is 0 Å². The minimum atomic E-state index is -0.369. The van der Waals surface area contributed by atoms with Gasteiger partial charge >= 0.3 is 0 Å². The number of aliphatic hydroxyl groups excluding tert-OH is 1. The van der Waals surface area contributed by atoms with Crippen molar-refractivity contribution in [3.05, 3.63) is 0 Å². The van der Waals surface area contributed by atoms with Gasteiger partial charge in [0.05, 0.1) is 13.2 Å². The number of nitrogens with one attached hydrogen (secondary N) is 2. The number of carbonyl (C=O) groups is 1. The van der Waals surface area contributed by atoms with Crippen molar-refractivity contribution in [3.63, 3.8) is 0 Å². The van der Waals surface area contributed by atoms with E-state index < -0.39 is 0 Å². The topological polar surface area (TPSA) is 70.6 Å². The third-order valence-corrected chi connectivity index (χ3v) is 4.86. The van der Waals surface area contributed by atoms with Crippen molar-refractivity contribution in [1.82, 2.24) is 10.6 Å². The maximum Gasteiger partial charge on any atom is 0.234 e. The molecule has 1 rings (SSSR count). The van der Waals surface area contributed by atoms with Crippen molar-refractivity contribution in [2.45, 2.75) is 58.0 Å². The molecule has 1 amide bonds. The van der Waals surface area contributed by atoms with Crippen LogP contribution in [0.2, 0.25) is 0 Å². The monoisotopic (exact) mass is 300 g/mol. The molecule has 5 nitrogen and oxygen atoms in total. The summed E-state index contributed by atoms with van der Waals surface area (Å²) >= 11 is 0. The van der Waals surface area contributed by atoms with Gasteiger partial charge in [0, 0.05) is 25.3 Å². The molecular weight excluding hydrogens is 268 g/mol. The summed E-state index contributed by atoms with van der Waals surface area (Å²) in [4.78, 5) is 12.1. The van der Waals surface area contributed by atoms with Crippen molar-refractivity contribution in [1.29, 1.82) is 0 Å². The summed E-state index contributed by atoms with van der Waals surface area (Å²) in [6.45, 7) is 7.26. The summed E-state index contributed by atoms with van der Waals surface area (Å²) in [6, 6.07) is 0.287. The Morgan fingerprint density at radius 1 is 1.38 bits per heavy atom. The lowest BCUT2D eigenvalue weighted by molar-refractivity contribution is -0.122. The van der Waals surface area contributed by atoms with Crippen molar-refractivity contribution >= 4 is 5.91 Å². The number of hydrogen-bond acceptors (Lipinski definition) is 4. The van der Waals surface area contributed by atoms with Crippen molar-refractivity contribution in [2.75, 3.05) is 26.9 Å². The molecule has 21 heavy (non-hydrogen) atoms. The lowest BCUT2D eigenvalue weighted by Gasteiger charge is -2.35. The molecule has 0 heterocycles. The zero-order valence-electron chi connectivity index (χ0n) is 13.9. The highest BCUT2D eigenvalue weighted by atomic mass is 16.5. The summed E-state index contributed by atoms with van der Waals surface area (Å²) in [5.74, 6) is 1.23. The minimum Gasteiger partial charge on any atom is -0.396 e. The van der Waals surface area contributed by atoms with E-state index in [0.717, 1.165) is 6.42 Å². The lowest BCUT2D eigenvalue weighted by Crippen LogP contribution is -2.53. The van der Waals surface area contributed by atoms with Crippen LogP contribution in [-0.4, -0.2) is 49.5 Å². The first-order valence-corrected chi connectivity index (χ1v) is 8.06. The highest BCUT2D eigenvalue weighted by Gasteiger charge is 2.29. The Hall–Kier alpha value is -0.650. The Morgan fingerprint density at radius 3 is 2.71 bits per heavy atom. The maximum atomic E-state index is 12.1. The van der Waals surface area contributed by atoms with E-state index in [9.17, 15) is 4.79 Å². The van der Waals surface area contributed by atoms with Crippen LogP contribution < -0.4 is 10.6 Å². The standard InChI is InChI=1S/C16H32N2O3/c1-12-6-5-7-14(13(12)2)18-15(20)10-17-16(3,8-9-19)11-21-4/h12-14,17,19H,5-11H2,1-4H3,(H,18,20). The fraction of sp³-hybridized carbons (Fsp3) is 0.938. The van der Waals surface area contributed by atoms with Gasteiger partial charge in [-0.15, -0.1) is 0 Å². The van der Waals surface area contributed by atoms with E-state index in [1.165, 1.54) is 12.8 Å². The van der Waals surface area contributed by atoms with Gasteiger partial charge in [0.1, 0.15) is 0 Å². The maximum absolute atomic E-state index is 12.1. The molecule has 4 unspecified atom stereocenters. The van der Waals surface area contributed by atoms with E-state index in [2.05, 4.69) is 24.5 Å². The van der Waals surface area contributed by atoms with Crippen LogP contribution in [-0.2, 0) is 9.53 Å². The fourth-order valence-corrected chi connectivity index (χ4v) is 3.11. The molecule has 1 saturated carbocycles. The largest absolute Gasteiger partial charge is 0.396 e. The third-order valence-electron chi connectivity index (χ3n) is 4.86. The summed E-state index contributed by atoms with van der Waals surface area (Å²) in [5, 5.41) is 15.5. The van der Waals surface area contributed by atoms with Crippen LogP contribution >= 0.6 is 0 Å². The first-order valence-electron chi connectivity index (χ1n) is 8.06. The average molecular weight is 300 g/mol. The fourth-order valence-electron chi connectivity index (χ4n) is 3.11. The first-order chi connectivity index (χ1) is 9.91. The van der Waals surface area contributed by atoms with Gasteiger partial charge in [-0.2, -0.15) is 0 Å². The second-order valence-electron chi connectivity index (χ2n) is 6.76. The Morgan fingerprint density at radius 2 is 2.10 bits per heavy atom. The van der Waals surface area contributed by atoms with E-state index >= 15 is 0 Å². The smallest absolute Gasteiger partial charge is 0.234 e. The Bertz CT molecular complexity index is 317. The number of aliphatic hydroxyl groups is 1. The molecule has 4 atom stereocenters. The van der Waals surface area contributed by atoms with Gasteiger partial charge in [-0.3, -0.25) is 4.79 Å². The third kappa shape index (κ3) is 5.93. The molecule has 0 aromatic rings. The number of carbonyl (C=O) groups excluding carboxylic acids is 1. The highest BCUT2D eigenvalue weighted by molar-refractivity contribution is 5.78. The molecular formula is C16H32N2O3. The Kier molecular flexibility index (Phi) is 7.63. The van der Waals surface area contributed by atoms with Crippen LogP contribution in [0.4, 0.5) is 0 Å². The van der Waals surface area contributed by atoms with Gasteiger partial charge in [-0.05, 0) is 31.6 Å². The summed E-state index contributed by atoms with van der Waals surface area (Å²) in [6.07, 6.45) is 4.08. The zero-order valence-corrected chi connectivity index (χ0v) is 13.9. The predicted octanol–water partition coefficient (Wildman–Crippen LogP) is 1.30. The summed E-state index contributed by atoms with van der Waals surface area (Å²) in [7, 11) is 1.63. The van der Waals surface area contributed by atoms with Gasteiger partial charge in [0.15, 0.2) is 0 Å². The number of hydrogen-bond donors (Lipinski definition) is 3. The number of amides is 1. The highest BCUT2D eigenvalue weighted by Crippen LogP contribution is 2.29. The Balaban J connectivity index is 2.42. The van der Waals surface area contributed by atoms with Crippen LogP contribution in [0, 0.1) is 11.8 Å². The molecule has 0 aromatic heterocycles. The van der Waals surface area contributed by atoms with E-state index in [1.807, 2.05) is 6.92 Å². The van der Waals surface area contributed by atoms with E-state index in [0.29, 0.717) is 24.9 Å². The molecule has 0 bridgehead atoms. The second kappa shape index (κ2) is 8.71. The van der Waals surface area contributed by atoms with Crippen LogP contribution in [0.5, 0.6) is 0 Å². The summed E-state index contributed by atoms with van der Waals surface area (Å²) in [5.41, 5.74) is -0.369. The Labute approximate surface area is 128 Å². The van der Waals surface area contributed by atoms with E-state index in [-0.39, 0.29) is 30.6 Å². The molecule has 0 radical (unpaired) electrons. The zero-order chi connectivity index (χ0) is 15.9. The molecule has 0 spiro atoms. The van der Waals surface area contributed by atoms with Crippen molar-refractivity contribution < 1.29 is 14.6 Å². The number of methoxy groups -OCH3 is 1. The van der Waals surface area contributed by atoms with Gasteiger partial charge in [0.2, 0.25) is 5.91 Å². The van der Waals surface area contributed by atoms with Crippen LogP contribution in [0.15, 0.2) is 0 Å². The van der Waals surface area contributed by atoms with Crippen LogP contribution in [0.3, 0.4) is 0 Å². The van der Waals surface area contributed by atoms with Crippen LogP contribution in [0.25, 0.3) is 0 Å². The minimum absolute atomic E-state index is 0.0289. The van der Waals surface area contributed by atoms with Gasteiger partial charge in [-0.1, -0.05) is 26.7 Å². The first kappa shape index (κ1) is 18.4. The van der Waals surface area contributed by atoms with Crippen LogP contribution in [0.1, 0.15) is 46.5 Å². The van der Waals surface area contributed by atoms with Gasteiger partial charge in [-0.25, -0.2) is 0 Å². The molecule has 1 fully saturated rings. The number of ether oxygens (including phenoxy) is 1. The SMILES string of the molecule is COCC(C)(CCO)NCC(=O)NC1CCCC(C)C1C. The number of rotatable bonds is 8. The molecule has 0 aromatic carbocycles. The summed E-state index contributed by atoms with van der Waals surface area (Å²) < 4.78 is 5.17. The lowest BCUT2D eigenvalue weighted by atomic mass is 9.78. The molecule has 0 saturated heterocycles. The average Bonchev–Trinajstić information content (AvgIpc) is 2.42. The molecule has 1 aliphatic rings. The van der Waals surface area contributed by atoms with Crippen molar-refractivity contribution in [3.8, 4) is 0 Å². The quantitative estimate of drug-likeness (QED) is 0.632. The van der Waals surface area contributed by atoms with E-state index in [4.69, 9.17) is 9.84 Å². The normalized spacial score (nSPS) is 28.9. The van der Waals surface area contributed by atoms with Crippen molar-refractivity contribution in [2.24, 2.45) is 11.8 Å². The van der Waals surface area contributed by atoms with Gasteiger partial charge < -0.3 is 20.5 Å². The molecule has 124 valence electrons. The molecule has 5 heteroatoms. The molecule has 1 aliphatic carbocycles. The van der Waals surface area contributed by atoms with E-state index in [1.54, 1.807) is 7.11 Å². The second-order valence-corrected chi connectivity index (χ2v) is 6.76. The molecule has 3 N–H and O–H groups in total. The predicted molar refractivity (Wildman–Crippen MR) is 84.1 cm³/mol. The molecule has 0 aliphatic heterocycles.